The maximum atomic E-state index is 15.3. The van der Waals surface area contributed by atoms with E-state index >= 15 is 8.78 Å². The molecule has 3 heterocycles. The first-order valence-electron chi connectivity index (χ1n) is 12.8. The number of hydrogen-bond acceptors (Lipinski definition) is 7. The van der Waals surface area contributed by atoms with Crippen molar-refractivity contribution in [1.29, 1.82) is 0 Å². The zero-order valence-corrected chi connectivity index (χ0v) is 21.6. The summed E-state index contributed by atoms with van der Waals surface area (Å²) in [7, 11) is 0. The van der Waals surface area contributed by atoms with Gasteiger partial charge in [0.15, 0.2) is 17.4 Å². The quantitative estimate of drug-likeness (QED) is 0.393. The number of amides is 2. The summed E-state index contributed by atoms with van der Waals surface area (Å²) in [5.41, 5.74) is 5.59. The van der Waals surface area contributed by atoms with Gasteiger partial charge in [0, 0.05) is 37.3 Å². The highest BCUT2D eigenvalue weighted by atomic mass is 19.3. The molecule has 1 saturated heterocycles. The van der Waals surface area contributed by atoms with Gasteiger partial charge in [-0.25, -0.2) is 27.0 Å². The van der Waals surface area contributed by atoms with Crippen LogP contribution < -0.4 is 26.4 Å². The molecule has 5 rings (SSSR count). The number of Topliss-reactive ketones (excluding diaryl/α,β-unsaturated/α-hetero) is 1. The average Bonchev–Trinajstić information content (AvgIpc) is 3.33. The van der Waals surface area contributed by atoms with Gasteiger partial charge in [0.05, 0.1) is 42.8 Å². The second kappa shape index (κ2) is 11.2. The summed E-state index contributed by atoms with van der Waals surface area (Å²) in [6.07, 6.45) is -5.54. The molecule has 2 amide bonds. The average molecular weight is 579 g/mol. The number of anilines is 3. The van der Waals surface area contributed by atoms with Crippen LogP contribution in [0.3, 0.4) is 0 Å². The van der Waals surface area contributed by atoms with Crippen molar-refractivity contribution < 1.29 is 36.7 Å². The number of ketones is 1. The molecule has 2 aliphatic rings. The lowest BCUT2D eigenvalue weighted by atomic mass is 10.1. The van der Waals surface area contributed by atoms with E-state index in [0.717, 1.165) is 17.0 Å². The van der Waals surface area contributed by atoms with Crippen molar-refractivity contribution in [2.45, 2.75) is 38.5 Å². The Kier molecular flexibility index (Phi) is 7.71. The molecule has 41 heavy (non-hydrogen) atoms. The van der Waals surface area contributed by atoms with E-state index in [1.54, 1.807) is 22.9 Å². The van der Waals surface area contributed by atoms with Crippen LogP contribution in [0.5, 0.6) is 0 Å². The largest absolute Gasteiger partial charge is 0.444 e. The predicted octanol–water partition coefficient (Wildman–Crippen LogP) is 2.44. The van der Waals surface area contributed by atoms with Crippen molar-refractivity contribution in [1.82, 2.24) is 9.36 Å². The molecular formula is C26H26F4N6O5. The Morgan fingerprint density at radius 1 is 1.02 bits per heavy atom. The highest BCUT2D eigenvalue weighted by Crippen LogP contribution is 2.32. The van der Waals surface area contributed by atoms with Crippen LogP contribution in [-0.4, -0.2) is 65.9 Å². The molecule has 2 aromatic carbocycles. The third-order valence-electron chi connectivity index (χ3n) is 7.12. The first-order chi connectivity index (χ1) is 19.6. The fourth-order valence-corrected chi connectivity index (χ4v) is 5.14. The van der Waals surface area contributed by atoms with Crippen molar-refractivity contribution >= 4 is 45.7 Å². The minimum absolute atomic E-state index is 0.103. The molecular weight excluding hydrogens is 552 g/mol. The predicted molar refractivity (Wildman–Crippen MR) is 140 cm³/mol. The molecule has 0 bridgehead atoms. The van der Waals surface area contributed by atoms with Crippen LogP contribution in [0.4, 0.5) is 39.4 Å². The highest BCUT2D eigenvalue weighted by molar-refractivity contribution is 5.94. The first-order valence-corrected chi connectivity index (χ1v) is 12.8. The molecule has 0 unspecified atom stereocenters. The van der Waals surface area contributed by atoms with Crippen molar-refractivity contribution in [3.8, 4) is 0 Å². The number of nitrogens with one attached hydrogen (secondary N) is 1. The lowest BCUT2D eigenvalue weighted by Gasteiger charge is -2.24. The second-order valence-corrected chi connectivity index (χ2v) is 9.70. The van der Waals surface area contributed by atoms with Crippen LogP contribution in [0.1, 0.15) is 12.8 Å². The number of nitrogens with zero attached hydrogens (tertiary/aromatic N) is 4. The number of nitrogens with two attached hydrogens (primary N) is 1. The summed E-state index contributed by atoms with van der Waals surface area (Å²) in [6, 6.07) is 6.83. The van der Waals surface area contributed by atoms with Crippen LogP contribution in [0.15, 0.2) is 35.1 Å². The summed E-state index contributed by atoms with van der Waals surface area (Å²) < 4.78 is 63.8. The molecule has 2 aliphatic heterocycles. The van der Waals surface area contributed by atoms with E-state index < -0.39 is 48.4 Å². The molecule has 11 nitrogen and oxygen atoms in total. The Morgan fingerprint density at radius 3 is 2.37 bits per heavy atom. The fraction of sp³-hybridized carbons (Fsp3) is 0.385. The standard InChI is InChI=1S/C26H26F4N6O5/c27-18-10-15(34-13-16(41-26(34)40)2-4-21(37)24(29)30)11-19(28)23(18)33-5-7-35-20-3-1-14(32-22(38)12-31)9-17(20)25(39)36(35)8-6-33/h1,3,9-11,16,24H,2,4-8,12-13,31H2,(H,32,38)/t16-/m0/s1. The zero-order valence-electron chi connectivity index (χ0n) is 21.6. The number of fused-ring (bicyclic) bond motifs is 3. The van der Waals surface area contributed by atoms with E-state index in [1.165, 1.54) is 9.58 Å². The van der Waals surface area contributed by atoms with E-state index in [-0.39, 0.29) is 62.6 Å². The van der Waals surface area contributed by atoms with Crippen LogP contribution >= 0.6 is 0 Å². The summed E-state index contributed by atoms with van der Waals surface area (Å²) >= 11 is 0. The third-order valence-corrected chi connectivity index (χ3v) is 7.12. The van der Waals surface area contributed by atoms with E-state index in [9.17, 15) is 28.0 Å². The SMILES string of the molecule is NCC(=O)Nc1ccc2c(c1)c(=O)n1n2CCN(c2c(F)cc(N3C[C@H](CCC(=O)C(F)F)OC3=O)cc2F)CC1. The Bertz CT molecular complexity index is 1570. The Morgan fingerprint density at radius 2 is 1.71 bits per heavy atom. The molecule has 0 saturated carbocycles. The number of benzene rings is 2. The van der Waals surface area contributed by atoms with Gasteiger partial charge < -0.3 is 20.7 Å². The zero-order chi connectivity index (χ0) is 29.4. The Labute approximate surface area is 230 Å². The number of hydrogen-bond donors (Lipinski definition) is 2. The summed E-state index contributed by atoms with van der Waals surface area (Å²) in [5, 5.41) is 2.98. The lowest BCUT2D eigenvalue weighted by molar-refractivity contribution is -0.130. The molecule has 0 aliphatic carbocycles. The van der Waals surface area contributed by atoms with Crippen LogP contribution in [0.25, 0.3) is 10.9 Å². The lowest BCUT2D eigenvalue weighted by Crippen LogP contribution is -2.30. The highest BCUT2D eigenvalue weighted by Gasteiger charge is 2.34. The van der Waals surface area contributed by atoms with Crippen molar-refractivity contribution in [3.05, 3.63) is 52.3 Å². The van der Waals surface area contributed by atoms with Gasteiger partial charge in [0.1, 0.15) is 11.8 Å². The van der Waals surface area contributed by atoms with Gasteiger partial charge in [-0.3, -0.25) is 24.0 Å². The summed E-state index contributed by atoms with van der Waals surface area (Å²) in [5.74, 6) is -3.55. The number of rotatable bonds is 8. The number of carbonyl (C=O) groups excluding carboxylic acids is 3. The molecule has 0 radical (unpaired) electrons. The van der Waals surface area contributed by atoms with E-state index in [2.05, 4.69) is 5.32 Å². The Hall–Kier alpha value is -4.40. The Balaban J connectivity index is 1.32. The number of carbonyl (C=O) groups is 3. The molecule has 1 atom stereocenters. The van der Waals surface area contributed by atoms with E-state index in [1.807, 2.05) is 0 Å². The number of ether oxygens (including phenoxy) is 1. The van der Waals surface area contributed by atoms with Crippen LogP contribution in [-0.2, 0) is 27.4 Å². The molecule has 218 valence electrons. The van der Waals surface area contributed by atoms with Gasteiger partial charge in [0.25, 0.3) is 12.0 Å². The third kappa shape index (κ3) is 5.49. The molecule has 3 N–H and O–H groups in total. The van der Waals surface area contributed by atoms with E-state index in [0.29, 0.717) is 16.6 Å². The van der Waals surface area contributed by atoms with Crippen LogP contribution in [0.2, 0.25) is 0 Å². The molecule has 1 aromatic heterocycles. The van der Waals surface area contributed by atoms with Crippen molar-refractivity contribution in [2.75, 3.05) is 41.3 Å². The smallest absolute Gasteiger partial charge is 0.414 e. The first kappa shape index (κ1) is 28.1. The molecule has 0 spiro atoms. The van der Waals surface area contributed by atoms with Gasteiger partial charge in [0.2, 0.25) is 5.91 Å². The van der Waals surface area contributed by atoms with Gasteiger partial charge in [-0.2, -0.15) is 0 Å². The minimum Gasteiger partial charge on any atom is -0.444 e. The number of aromatic nitrogens is 2. The summed E-state index contributed by atoms with van der Waals surface area (Å²) in [6.45, 7) is 0.254. The van der Waals surface area contributed by atoms with Gasteiger partial charge in [-0.1, -0.05) is 0 Å². The topological polar surface area (TPSA) is 132 Å². The molecule has 3 aromatic rings. The monoisotopic (exact) mass is 578 g/mol. The van der Waals surface area contributed by atoms with Crippen molar-refractivity contribution in [2.24, 2.45) is 5.73 Å². The van der Waals surface area contributed by atoms with Crippen molar-refractivity contribution in [3.63, 3.8) is 0 Å². The number of cyclic esters (lactones) is 1. The van der Waals surface area contributed by atoms with Gasteiger partial charge in [-0.05, 0) is 24.6 Å². The molecule has 15 heteroatoms. The number of alkyl halides is 2. The summed E-state index contributed by atoms with van der Waals surface area (Å²) in [4.78, 5) is 50.7. The number of halogens is 4. The van der Waals surface area contributed by atoms with Gasteiger partial charge in [-0.15, -0.1) is 0 Å². The molecule has 1 fully saturated rings. The maximum absolute atomic E-state index is 15.3. The van der Waals surface area contributed by atoms with Crippen LogP contribution in [0, 0.1) is 11.6 Å². The minimum atomic E-state index is -3.12. The van der Waals surface area contributed by atoms with E-state index in [4.69, 9.17) is 10.5 Å². The fourth-order valence-electron chi connectivity index (χ4n) is 5.14. The normalized spacial score (nSPS) is 17.1. The van der Waals surface area contributed by atoms with Gasteiger partial charge >= 0.3 is 6.09 Å². The maximum Gasteiger partial charge on any atom is 0.414 e. The second-order valence-electron chi connectivity index (χ2n) is 9.70.